The van der Waals surface area contributed by atoms with Crippen LogP contribution in [0.2, 0.25) is 0 Å². The second kappa shape index (κ2) is 5.05. The molecule has 19 heavy (non-hydrogen) atoms. The molecule has 6 heteroatoms. The third-order valence-corrected chi connectivity index (χ3v) is 2.81. The maximum atomic E-state index is 12.5. The summed E-state index contributed by atoms with van der Waals surface area (Å²) >= 11 is 0. The Kier molecular flexibility index (Phi) is 3.61. The van der Waals surface area contributed by atoms with Crippen molar-refractivity contribution in [3.8, 4) is 5.69 Å². The van der Waals surface area contributed by atoms with Gasteiger partial charge in [-0.15, -0.1) is 0 Å². The van der Waals surface area contributed by atoms with Crippen LogP contribution in [0.4, 0.5) is 13.2 Å². The van der Waals surface area contributed by atoms with Gasteiger partial charge in [0.25, 0.3) is 0 Å². The van der Waals surface area contributed by atoms with Gasteiger partial charge in [0, 0.05) is 11.8 Å². The Morgan fingerprint density at radius 2 is 1.95 bits per heavy atom. The van der Waals surface area contributed by atoms with E-state index in [0.717, 1.165) is 10.7 Å². The van der Waals surface area contributed by atoms with E-state index in [0.29, 0.717) is 17.7 Å². The summed E-state index contributed by atoms with van der Waals surface area (Å²) in [5.74, 6) is 0. The molecule has 0 saturated carbocycles. The number of halogens is 3. The Bertz CT molecular complexity index is 563. The van der Waals surface area contributed by atoms with Gasteiger partial charge in [-0.1, -0.05) is 25.1 Å². The number of hydrogen-bond acceptors (Lipinski definition) is 2. The van der Waals surface area contributed by atoms with Crippen LogP contribution in [0, 0.1) is 0 Å². The molecule has 0 bridgehead atoms. The predicted molar refractivity (Wildman–Crippen MR) is 63.8 cm³/mol. The average Bonchev–Trinajstić information content (AvgIpc) is 2.87. The minimum absolute atomic E-state index is 0.451. The van der Waals surface area contributed by atoms with Crippen molar-refractivity contribution >= 4 is 0 Å². The van der Waals surface area contributed by atoms with Crippen molar-refractivity contribution in [3.63, 3.8) is 0 Å². The SMILES string of the molecule is CC[C@@H](O)c1ccccc1-n1ccc(C(F)(F)F)n1. The summed E-state index contributed by atoms with van der Waals surface area (Å²) in [6.45, 7) is 1.80. The highest BCUT2D eigenvalue weighted by atomic mass is 19.4. The van der Waals surface area contributed by atoms with Crippen LogP contribution in [0.5, 0.6) is 0 Å². The van der Waals surface area contributed by atoms with Crippen LogP contribution in [-0.4, -0.2) is 14.9 Å². The number of hydrogen-bond donors (Lipinski definition) is 1. The van der Waals surface area contributed by atoms with Crippen LogP contribution in [0.3, 0.4) is 0 Å². The zero-order valence-electron chi connectivity index (χ0n) is 10.2. The lowest BCUT2D eigenvalue weighted by atomic mass is 10.1. The number of nitrogens with zero attached hydrogens (tertiary/aromatic N) is 2. The van der Waals surface area contributed by atoms with Crippen molar-refractivity contribution in [2.45, 2.75) is 25.6 Å². The molecule has 0 radical (unpaired) electrons. The number of aromatic nitrogens is 2. The molecule has 0 unspecified atom stereocenters. The molecule has 1 atom stereocenters. The van der Waals surface area contributed by atoms with Crippen molar-refractivity contribution < 1.29 is 18.3 Å². The third kappa shape index (κ3) is 2.78. The summed E-state index contributed by atoms with van der Waals surface area (Å²) in [5, 5.41) is 13.4. The zero-order chi connectivity index (χ0) is 14.0. The zero-order valence-corrected chi connectivity index (χ0v) is 10.2. The van der Waals surface area contributed by atoms with Gasteiger partial charge in [-0.3, -0.25) is 0 Å². The Balaban J connectivity index is 2.45. The molecule has 0 saturated heterocycles. The van der Waals surface area contributed by atoms with E-state index in [4.69, 9.17) is 0 Å². The Labute approximate surface area is 108 Å². The topological polar surface area (TPSA) is 38.0 Å². The van der Waals surface area contributed by atoms with Crippen LogP contribution >= 0.6 is 0 Å². The van der Waals surface area contributed by atoms with E-state index >= 15 is 0 Å². The molecule has 1 aromatic carbocycles. The largest absolute Gasteiger partial charge is 0.435 e. The summed E-state index contributed by atoms with van der Waals surface area (Å²) < 4.78 is 38.7. The number of benzene rings is 1. The molecule has 0 aliphatic heterocycles. The Morgan fingerprint density at radius 3 is 2.53 bits per heavy atom. The summed E-state index contributed by atoms with van der Waals surface area (Å²) in [7, 11) is 0. The number of aliphatic hydroxyl groups excluding tert-OH is 1. The molecule has 0 spiro atoms. The van der Waals surface area contributed by atoms with E-state index in [-0.39, 0.29) is 0 Å². The van der Waals surface area contributed by atoms with Crippen LogP contribution < -0.4 is 0 Å². The third-order valence-electron chi connectivity index (χ3n) is 2.81. The monoisotopic (exact) mass is 270 g/mol. The van der Waals surface area contributed by atoms with Crippen molar-refractivity contribution in [1.82, 2.24) is 9.78 Å². The minimum atomic E-state index is -4.47. The molecule has 0 fully saturated rings. The maximum Gasteiger partial charge on any atom is 0.435 e. The molecule has 0 aliphatic rings. The van der Waals surface area contributed by atoms with Gasteiger partial charge in [0.15, 0.2) is 5.69 Å². The second-order valence-corrected chi connectivity index (χ2v) is 4.13. The van der Waals surface area contributed by atoms with E-state index < -0.39 is 18.0 Å². The van der Waals surface area contributed by atoms with Crippen LogP contribution in [0.25, 0.3) is 5.69 Å². The summed E-state index contributed by atoms with van der Waals surface area (Å²) in [4.78, 5) is 0. The van der Waals surface area contributed by atoms with Crippen molar-refractivity contribution in [2.24, 2.45) is 0 Å². The first kappa shape index (κ1) is 13.6. The minimum Gasteiger partial charge on any atom is -0.388 e. The van der Waals surface area contributed by atoms with Crippen LogP contribution in [-0.2, 0) is 6.18 Å². The van der Waals surface area contributed by atoms with Gasteiger partial charge in [0.1, 0.15) is 0 Å². The molecular weight excluding hydrogens is 257 g/mol. The fraction of sp³-hybridized carbons (Fsp3) is 0.308. The standard InChI is InChI=1S/C13H13F3N2O/c1-2-11(19)9-5-3-4-6-10(9)18-8-7-12(17-18)13(14,15)16/h3-8,11,19H,2H2,1H3/t11-/m1/s1. The molecule has 1 aromatic heterocycles. The number of para-hydroxylation sites is 1. The van der Waals surface area contributed by atoms with Gasteiger partial charge in [-0.2, -0.15) is 18.3 Å². The first-order valence-electron chi connectivity index (χ1n) is 5.83. The van der Waals surface area contributed by atoms with E-state index in [9.17, 15) is 18.3 Å². The van der Waals surface area contributed by atoms with E-state index in [2.05, 4.69) is 5.10 Å². The highest BCUT2D eigenvalue weighted by Crippen LogP contribution is 2.29. The first-order valence-corrected chi connectivity index (χ1v) is 5.83. The second-order valence-electron chi connectivity index (χ2n) is 4.13. The molecule has 1 N–H and O–H groups in total. The van der Waals surface area contributed by atoms with Gasteiger partial charge < -0.3 is 5.11 Å². The molecule has 1 heterocycles. The van der Waals surface area contributed by atoms with Crippen molar-refractivity contribution in [1.29, 1.82) is 0 Å². The van der Waals surface area contributed by atoms with Crippen LogP contribution in [0.15, 0.2) is 36.5 Å². The molecule has 0 aliphatic carbocycles. The summed E-state index contributed by atoms with van der Waals surface area (Å²) in [6.07, 6.45) is -3.48. The highest BCUT2D eigenvalue weighted by Gasteiger charge is 2.33. The number of rotatable bonds is 3. The van der Waals surface area contributed by atoms with Gasteiger partial charge in [0.2, 0.25) is 0 Å². The normalized spacial score (nSPS) is 13.5. The predicted octanol–water partition coefficient (Wildman–Crippen LogP) is 3.33. The van der Waals surface area contributed by atoms with Crippen molar-refractivity contribution in [2.75, 3.05) is 0 Å². The summed E-state index contributed by atoms with van der Waals surface area (Å²) in [6, 6.07) is 7.64. The number of alkyl halides is 3. The van der Waals surface area contributed by atoms with E-state index in [1.165, 1.54) is 6.20 Å². The van der Waals surface area contributed by atoms with E-state index in [1.54, 1.807) is 31.2 Å². The average molecular weight is 270 g/mol. The van der Waals surface area contributed by atoms with Gasteiger partial charge in [-0.05, 0) is 18.6 Å². The highest BCUT2D eigenvalue weighted by molar-refractivity contribution is 5.41. The van der Waals surface area contributed by atoms with Gasteiger partial charge >= 0.3 is 6.18 Å². The molecular formula is C13H13F3N2O. The molecule has 0 amide bonds. The lowest BCUT2D eigenvalue weighted by molar-refractivity contribution is -0.141. The molecule has 2 aromatic rings. The van der Waals surface area contributed by atoms with Gasteiger partial charge in [-0.25, -0.2) is 4.68 Å². The van der Waals surface area contributed by atoms with Crippen molar-refractivity contribution in [3.05, 3.63) is 47.8 Å². The van der Waals surface area contributed by atoms with Gasteiger partial charge in [0.05, 0.1) is 11.8 Å². The first-order chi connectivity index (χ1) is 8.93. The molecule has 102 valence electrons. The quantitative estimate of drug-likeness (QED) is 0.929. The molecule has 3 nitrogen and oxygen atoms in total. The fourth-order valence-electron chi connectivity index (χ4n) is 1.81. The fourth-order valence-corrected chi connectivity index (χ4v) is 1.81. The smallest absolute Gasteiger partial charge is 0.388 e. The lowest BCUT2D eigenvalue weighted by Gasteiger charge is -2.13. The Morgan fingerprint density at radius 1 is 1.26 bits per heavy atom. The lowest BCUT2D eigenvalue weighted by Crippen LogP contribution is -2.09. The van der Waals surface area contributed by atoms with E-state index in [1.807, 2.05) is 0 Å². The molecule has 2 rings (SSSR count). The summed E-state index contributed by atoms with van der Waals surface area (Å²) in [5.41, 5.74) is 0.0578. The number of aliphatic hydroxyl groups is 1. The van der Waals surface area contributed by atoms with Crippen LogP contribution in [0.1, 0.15) is 30.7 Å². The maximum absolute atomic E-state index is 12.5. The Hall–Kier alpha value is -1.82.